The van der Waals surface area contributed by atoms with Crippen LogP contribution < -0.4 is 15.5 Å². The van der Waals surface area contributed by atoms with E-state index in [0.717, 1.165) is 43.1 Å². The molecule has 1 aromatic rings. The molecule has 0 aromatic carbocycles. The molecule has 6 nitrogen and oxygen atoms in total. The molecule has 0 radical (unpaired) electrons. The first kappa shape index (κ1) is 14.5. The highest BCUT2D eigenvalue weighted by Gasteiger charge is 2.29. The molecule has 0 bridgehead atoms. The molecule has 1 saturated heterocycles. The summed E-state index contributed by atoms with van der Waals surface area (Å²) in [5, 5.41) is 6.66. The van der Waals surface area contributed by atoms with E-state index < -0.39 is 0 Å². The van der Waals surface area contributed by atoms with Crippen LogP contribution >= 0.6 is 11.3 Å². The number of thiazole rings is 1. The maximum atomic E-state index is 11.5. The third-order valence-corrected chi connectivity index (χ3v) is 4.99. The molecule has 2 aliphatic rings. The summed E-state index contributed by atoms with van der Waals surface area (Å²) in [5.41, 5.74) is 1.12. The Morgan fingerprint density at radius 3 is 2.86 bits per heavy atom. The van der Waals surface area contributed by atoms with Gasteiger partial charge in [-0.1, -0.05) is 6.92 Å². The number of amides is 2. The lowest BCUT2D eigenvalue weighted by molar-refractivity contribution is -0.130. The van der Waals surface area contributed by atoms with E-state index in [1.165, 1.54) is 4.88 Å². The van der Waals surface area contributed by atoms with Gasteiger partial charge in [-0.15, -0.1) is 11.3 Å². The molecule has 114 valence electrons. The van der Waals surface area contributed by atoms with Gasteiger partial charge in [0.1, 0.15) is 13.1 Å². The number of nitrogens with zero attached hydrogens (tertiary/aromatic N) is 2. The van der Waals surface area contributed by atoms with E-state index in [1.807, 2.05) is 0 Å². The van der Waals surface area contributed by atoms with E-state index in [0.29, 0.717) is 6.04 Å². The Morgan fingerprint density at radius 1 is 1.38 bits per heavy atom. The van der Waals surface area contributed by atoms with Crippen molar-refractivity contribution in [2.45, 2.75) is 38.6 Å². The van der Waals surface area contributed by atoms with Crippen LogP contribution in [0.25, 0.3) is 0 Å². The number of aromatic nitrogens is 1. The van der Waals surface area contributed by atoms with Crippen LogP contribution in [0.4, 0.5) is 5.13 Å². The number of aryl methyl sites for hydroxylation is 1. The second-order valence-electron chi connectivity index (χ2n) is 5.53. The number of hydrogen-bond donors (Lipinski definition) is 2. The van der Waals surface area contributed by atoms with Crippen molar-refractivity contribution in [2.24, 2.45) is 0 Å². The highest BCUT2D eigenvalue weighted by atomic mass is 32.1. The van der Waals surface area contributed by atoms with Gasteiger partial charge in [0.15, 0.2) is 5.13 Å². The average Bonchev–Trinajstić information content (AvgIpc) is 2.88. The van der Waals surface area contributed by atoms with E-state index >= 15 is 0 Å². The largest absolute Gasteiger partial charge is 0.329 e. The van der Waals surface area contributed by atoms with Gasteiger partial charge in [0.2, 0.25) is 11.8 Å². The van der Waals surface area contributed by atoms with Gasteiger partial charge in [0.25, 0.3) is 0 Å². The molecule has 1 unspecified atom stereocenters. The van der Waals surface area contributed by atoms with Gasteiger partial charge in [0.05, 0.1) is 11.7 Å². The molecular formula is C14H20N4O2S. The number of piperazine rings is 1. The summed E-state index contributed by atoms with van der Waals surface area (Å²) in [7, 11) is 0. The number of imide groups is 1. The van der Waals surface area contributed by atoms with E-state index in [4.69, 9.17) is 4.98 Å². The number of carbonyl (C=O) groups excluding carboxylic acids is 2. The molecule has 1 aliphatic heterocycles. The zero-order chi connectivity index (χ0) is 14.8. The lowest BCUT2D eigenvalue weighted by atomic mass is 9.97. The van der Waals surface area contributed by atoms with Crippen molar-refractivity contribution >= 4 is 28.3 Å². The zero-order valence-electron chi connectivity index (χ0n) is 12.1. The molecule has 1 aliphatic carbocycles. The van der Waals surface area contributed by atoms with Crippen LogP contribution in [-0.2, 0) is 16.0 Å². The lowest BCUT2D eigenvalue weighted by Gasteiger charge is -2.24. The van der Waals surface area contributed by atoms with Crippen LogP contribution in [0.2, 0.25) is 0 Å². The van der Waals surface area contributed by atoms with Crippen LogP contribution in [0, 0.1) is 0 Å². The minimum absolute atomic E-state index is 0.213. The van der Waals surface area contributed by atoms with Gasteiger partial charge < -0.3 is 10.2 Å². The average molecular weight is 308 g/mol. The number of hydrogen-bond acceptors (Lipinski definition) is 6. The molecule has 1 fully saturated rings. The minimum atomic E-state index is -0.250. The molecule has 2 amide bonds. The third kappa shape index (κ3) is 3.08. The topological polar surface area (TPSA) is 74.3 Å². The molecule has 1 atom stereocenters. The summed E-state index contributed by atoms with van der Waals surface area (Å²) < 4.78 is 0. The second-order valence-corrected chi connectivity index (χ2v) is 6.59. The maximum absolute atomic E-state index is 11.5. The summed E-state index contributed by atoms with van der Waals surface area (Å²) >= 11 is 1.63. The molecule has 2 N–H and O–H groups in total. The van der Waals surface area contributed by atoms with Crippen molar-refractivity contribution in [3.8, 4) is 0 Å². The Kier molecular flexibility index (Phi) is 4.21. The van der Waals surface area contributed by atoms with Crippen molar-refractivity contribution in [3.05, 3.63) is 10.6 Å². The number of anilines is 1. The Bertz CT molecular complexity index is 541. The van der Waals surface area contributed by atoms with E-state index in [1.54, 1.807) is 16.2 Å². The molecular weight excluding hydrogens is 288 g/mol. The minimum Gasteiger partial charge on any atom is -0.329 e. The van der Waals surface area contributed by atoms with Crippen molar-refractivity contribution in [1.29, 1.82) is 0 Å². The SMILES string of the molecule is CCCNC1CCCc2sc(N3CC(=O)NC(=O)C3)nc21. The van der Waals surface area contributed by atoms with Crippen molar-refractivity contribution in [1.82, 2.24) is 15.6 Å². The Balaban J connectivity index is 1.80. The lowest BCUT2D eigenvalue weighted by Crippen LogP contribution is -2.51. The van der Waals surface area contributed by atoms with Crippen LogP contribution in [0.1, 0.15) is 42.8 Å². The van der Waals surface area contributed by atoms with Crippen LogP contribution in [0.15, 0.2) is 0 Å². The second kappa shape index (κ2) is 6.11. The number of nitrogens with one attached hydrogen (secondary N) is 2. The molecule has 3 rings (SSSR count). The summed E-state index contributed by atoms with van der Waals surface area (Å²) in [4.78, 5) is 30.8. The highest BCUT2D eigenvalue weighted by Crippen LogP contribution is 2.36. The zero-order valence-corrected chi connectivity index (χ0v) is 13.0. The smallest absolute Gasteiger partial charge is 0.246 e. The van der Waals surface area contributed by atoms with E-state index in [-0.39, 0.29) is 24.9 Å². The number of carbonyl (C=O) groups is 2. The highest BCUT2D eigenvalue weighted by molar-refractivity contribution is 7.15. The first-order valence-electron chi connectivity index (χ1n) is 7.48. The normalized spacial score (nSPS) is 22.1. The van der Waals surface area contributed by atoms with Crippen LogP contribution in [0.5, 0.6) is 0 Å². The third-order valence-electron chi connectivity index (χ3n) is 3.80. The van der Waals surface area contributed by atoms with Crippen LogP contribution in [-0.4, -0.2) is 36.4 Å². The van der Waals surface area contributed by atoms with Gasteiger partial charge >= 0.3 is 0 Å². The summed E-state index contributed by atoms with van der Waals surface area (Å²) in [6.45, 7) is 3.57. The number of rotatable bonds is 4. The van der Waals surface area contributed by atoms with Gasteiger partial charge in [-0.05, 0) is 32.2 Å². The first-order chi connectivity index (χ1) is 10.2. The fraction of sp³-hybridized carbons (Fsp3) is 0.643. The molecule has 0 spiro atoms. The van der Waals surface area contributed by atoms with Gasteiger partial charge in [-0.3, -0.25) is 14.9 Å². The van der Waals surface area contributed by atoms with Gasteiger partial charge in [0, 0.05) is 4.88 Å². The molecule has 7 heteroatoms. The predicted molar refractivity (Wildman–Crippen MR) is 81.4 cm³/mol. The summed E-state index contributed by atoms with van der Waals surface area (Å²) in [6.07, 6.45) is 4.42. The van der Waals surface area contributed by atoms with Crippen molar-refractivity contribution in [3.63, 3.8) is 0 Å². The Labute approximate surface area is 127 Å². The van der Waals surface area contributed by atoms with E-state index in [9.17, 15) is 9.59 Å². The number of fused-ring (bicyclic) bond motifs is 1. The summed E-state index contributed by atoms with van der Waals surface area (Å²) in [5.74, 6) is -0.500. The fourth-order valence-electron chi connectivity index (χ4n) is 2.83. The maximum Gasteiger partial charge on any atom is 0.246 e. The van der Waals surface area contributed by atoms with Gasteiger partial charge in [-0.2, -0.15) is 0 Å². The fourth-order valence-corrected chi connectivity index (χ4v) is 3.99. The molecule has 21 heavy (non-hydrogen) atoms. The quantitative estimate of drug-likeness (QED) is 0.811. The molecule has 1 aromatic heterocycles. The summed E-state index contributed by atoms with van der Waals surface area (Å²) in [6, 6.07) is 0.313. The van der Waals surface area contributed by atoms with Crippen LogP contribution in [0.3, 0.4) is 0 Å². The standard InChI is InChI=1S/C14H20N4O2S/c1-2-6-15-9-4-3-5-10-13(9)17-14(21-10)18-7-11(19)16-12(20)8-18/h9,15H,2-8H2,1H3,(H,16,19,20). The van der Waals surface area contributed by atoms with Gasteiger partial charge in [-0.25, -0.2) is 4.98 Å². The Hall–Kier alpha value is -1.47. The monoisotopic (exact) mass is 308 g/mol. The first-order valence-corrected chi connectivity index (χ1v) is 8.29. The molecule has 2 heterocycles. The van der Waals surface area contributed by atoms with Crippen molar-refractivity contribution in [2.75, 3.05) is 24.5 Å². The predicted octanol–water partition coefficient (Wildman–Crippen LogP) is 0.983. The molecule has 0 saturated carbocycles. The van der Waals surface area contributed by atoms with E-state index in [2.05, 4.69) is 17.6 Å². The van der Waals surface area contributed by atoms with Crippen molar-refractivity contribution < 1.29 is 9.59 Å². The Morgan fingerprint density at radius 2 is 2.14 bits per heavy atom.